The summed E-state index contributed by atoms with van der Waals surface area (Å²) in [6, 6.07) is 11.8. The highest BCUT2D eigenvalue weighted by Gasteiger charge is 2.10. The molecule has 0 saturated heterocycles. The summed E-state index contributed by atoms with van der Waals surface area (Å²) in [4.78, 5) is 4.03. The van der Waals surface area contributed by atoms with Gasteiger partial charge < -0.3 is 4.42 Å². The molecule has 4 rings (SSSR count). The first-order valence-corrected chi connectivity index (χ1v) is 8.44. The molecule has 8 heteroatoms. The van der Waals surface area contributed by atoms with E-state index in [1.165, 1.54) is 23.9 Å². The van der Waals surface area contributed by atoms with E-state index < -0.39 is 0 Å². The second-order valence-electron chi connectivity index (χ2n) is 5.14. The molecule has 4 aromatic rings. The number of hydrogen-bond donors (Lipinski definition) is 0. The molecule has 0 unspecified atom stereocenters. The minimum absolute atomic E-state index is 0.294. The first-order valence-electron chi connectivity index (χ1n) is 7.45. The Morgan fingerprint density at radius 2 is 2.08 bits per heavy atom. The van der Waals surface area contributed by atoms with Crippen LogP contribution in [-0.2, 0) is 5.75 Å². The van der Waals surface area contributed by atoms with Crippen LogP contribution in [0.2, 0.25) is 0 Å². The molecule has 0 atom stereocenters. The molecule has 0 aliphatic heterocycles. The van der Waals surface area contributed by atoms with E-state index in [0.717, 1.165) is 11.3 Å². The maximum atomic E-state index is 13.3. The molecule has 1 aromatic carbocycles. The van der Waals surface area contributed by atoms with Gasteiger partial charge in [0.05, 0.1) is 16.9 Å². The average molecular weight is 353 g/mol. The molecule has 3 aromatic heterocycles. The largest absolute Gasteiger partial charge is 0.411 e. The van der Waals surface area contributed by atoms with Crippen molar-refractivity contribution in [1.82, 2.24) is 25.0 Å². The zero-order valence-corrected chi connectivity index (χ0v) is 13.7. The van der Waals surface area contributed by atoms with Crippen LogP contribution in [0.5, 0.6) is 0 Å². The quantitative estimate of drug-likeness (QED) is 0.509. The number of pyridine rings is 1. The summed E-state index contributed by atoms with van der Waals surface area (Å²) < 4.78 is 20.5. The van der Waals surface area contributed by atoms with Crippen molar-refractivity contribution in [1.29, 1.82) is 0 Å². The highest BCUT2D eigenvalue weighted by molar-refractivity contribution is 7.98. The van der Waals surface area contributed by atoms with Gasteiger partial charge in [0.15, 0.2) is 0 Å². The van der Waals surface area contributed by atoms with Crippen LogP contribution in [0.4, 0.5) is 4.39 Å². The molecule has 0 spiro atoms. The van der Waals surface area contributed by atoms with Gasteiger partial charge in [0.2, 0.25) is 5.89 Å². The Morgan fingerprint density at radius 3 is 2.92 bits per heavy atom. The third-order valence-corrected chi connectivity index (χ3v) is 4.23. The molecule has 6 nitrogen and oxygen atoms in total. The molecule has 0 bridgehead atoms. The van der Waals surface area contributed by atoms with Crippen molar-refractivity contribution in [3.05, 3.63) is 72.6 Å². The lowest BCUT2D eigenvalue weighted by Crippen LogP contribution is -1.96. The fourth-order valence-corrected chi connectivity index (χ4v) is 2.87. The van der Waals surface area contributed by atoms with Gasteiger partial charge in [0.25, 0.3) is 5.22 Å². The van der Waals surface area contributed by atoms with Crippen LogP contribution in [0.3, 0.4) is 0 Å². The zero-order valence-electron chi connectivity index (χ0n) is 12.9. The third-order valence-electron chi connectivity index (χ3n) is 3.38. The van der Waals surface area contributed by atoms with E-state index in [2.05, 4.69) is 20.3 Å². The van der Waals surface area contributed by atoms with Crippen LogP contribution in [0.1, 0.15) is 5.69 Å². The summed E-state index contributed by atoms with van der Waals surface area (Å²) in [5.74, 6) is 0.704. The Bertz CT molecular complexity index is 985. The monoisotopic (exact) mass is 353 g/mol. The van der Waals surface area contributed by atoms with Crippen molar-refractivity contribution in [2.24, 2.45) is 0 Å². The van der Waals surface area contributed by atoms with Crippen LogP contribution >= 0.6 is 11.8 Å². The Kier molecular flexibility index (Phi) is 4.26. The summed E-state index contributed by atoms with van der Waals surface area (Å²) in [5, 5.41) is 12.9. The molecule has 25 heavy (non-hydrogen) atoms. The molecule has 3 heterocycles. The van der Waals surface area contributed by atoms with Gasteiger partial charge in [-0.2, -0.15) is 5.10 Å². The molecule has 0 saturated carbocycles. The molecule has 124 valence electrons. The van der Waals surface area contributed by atoms with E-state index in [1.54, 1.807) is 35.4 Å². The van der Waals surface area contributed by atoms with Crippen molar-refractivity contribution in [3.8, 4) is 17.1 Å². The first-order chi connectivity index (χ1) is 12.3. The van der Waals surface area contributed by atoms with Crippen LogP contribution in [0, 0.1) is 5.82 Å². The maximum absolute atomic E-state index is 13.3. The van der Waals surface area contributed by atoms with Gasteiger partial charge in [-0.05, 0) is 36.4 Å². The summed E-state index contributed by atoms with van der Waals surface area (Å²) >= 11 is 1.39. The topological polar surface area (TPSA) is 69.6 Å². The van der Waals surface area contributed by atoms with Crippen LogP contribution in [0.15, 0.2) is 70.7 Å². The lowest BCUT2D eigenvalue weighted by molar-refractivity contribution is 0.465. The van der Waals surface area contributed by atoms with Crippen molar-refractivity contribution in [3.63, 3.8) is 0 Å². The van der Waals surface area contributed by atoms with Gasteiger partial charge in [0, 0.05) is 24.3 Å². The van der Waals surface area contributed by atoms with Crippen molar-refractivity contribution < 1.29 is 8.81 Å². The maximum Gasteiger partial charge on any atom is 0.277 e. The van der Waals surface area contributed by atoms with Gasteiger partial charge in [-0.25, -0.2) is 9.07 Å². The molecule has 0 fully saturated rings. The fraction of sp³-hybridized carbons (Fsp3) is 0.0588. The number of halogens is 1. The normalized spacial score (nSPS) is 10.9. The highest BCUT2D eigenvalue weighted by atomic mass is 32.2. The predicted molar refractivity (Wildman–Crippen MR) is 90.6 cm³/mol. The number of rotatable bonds is 5. The molecular weight excluding hydrogens is 341 g/mol. The number of benzene rings is 1. The second kappa shape index (κ2) is 6.86. The van der Waals surface area contributed by atoms with E-state index in [-0.39, 0.29) is 5.82 Å². The number of aromatic nitrogens is 5. The summed E-state index contributed by atoms with van der Waals surface area (Å²) in [6.45, 7) is 0. The molecule has 0 N–H and O–H groups in total. The van der Waals surface area contributed by atoms with Crippen LogP contribution < -0.4 is 0 Å². The highest BCUT2D eigenvalue weighted by Crippen LogP contribution is 2.25. The summed E-state index contributed by atoms with van der Waals surface area (Å²) in [5.41, 5.74) is 2.28. The van der Waals surface area contributed by atoms with Gasteiger partial charge in [-0.3, -0.25) is 4.98 Å². The average Bonchev–Trinajstić information content (AvgIpc) is 3.30. The van der Waals surface area contributed by atoms with Crippen LogP contribution in [0.25, 0.3) is 17.1 Å². The van der Waals surface area contributed by atoms with Gasteiger partial charge in [-0.15, -0.1) is 10.2 Å². The third kappa shape index (κ3) is 3.58. The van der Waals surface area contributed by atoms with E-state index in [4.69, 9.17) is 4.42 Å². The summed E-state index contributed by atoms with van der Waals surface area (Å²) in [7, 11) is 0. The lowest BCUT2D eigenvalue weighted by Gasteiger charge is -2.00. The van der Waals surface area contributed by atoms with Gasteiger partial charge in [0.1, 0.15) is 5.82 Å². The van der Waals surface area contributed by atoms with Gasteiger partial charge in [-0.1, -0.05) is 17.8 Å². The fourth-order valence-electron chi connectivity index (χ4n) is 2.21. The predicted octanol–water partition coefficient (Wildman–Crippen LogP) is 3.75. The summed E-state index contributed by atoms with van der Waals surface area (Å²) in [6.07, 6.45) is 5.15. The van der Waals surface area contributed by atoms with E-state index >= 15 is 0 Å². The number of thioether (sulfide) groups is 1. The molecular formula is C17H12FN5OS. The Hall–Kier alpha value is -3.00. The Balaban J connectivity index is 1.43. The van der Waals surface area contributed by atoms with Crippen molar-refractivity contribution >= 4 is 11.8 Å². The SMILES string of the molecule is Fc1cccc(-n2ccc(CSc3nnc(-c4cccnc4)o3)n2)c1. The van der Waals surface area contributed by atoms with Crippen molar-refractivity contribution in [2.75, 3.05) is 0 Å². The number of hydrogen-bond acceptors (Lipinski definition) is 6. The Morgan fingerprint density at radius 1 is 1.12 bits per heavy atom. The van der Waals surface area contributed by atoms with E-state index in [0.29, 0.717) is 22.6 Å². The number of nitrogens with zero attached hydrogens (tertiary/aromatic N) is 5. The zero-order chi connectivity index (χ0) is 17.1. The van der Waals surface area contributed by atoms with Crippen LogP contribution in [-0.4, -0.2) is 25.0 Å². The molecule has 0 aliphatic rings. The lowest BCUT2D eigenvalue weighted by atomic mass is 10.3. The minimum atomic E-state index is -0.294. The Labute approximate surface area is 146 Å². The van der Waals surface area contributed by atoms with Crippen molar-refractivity contribution in [2.45, 2.75) is 11.0 Å². The molecule has 0 radical (unpaired) electrons. The molecule has 0 aliphatic carbocycles. The first kappa shape index (κ1) is 15.5. The smallest absolute Gasteiger partial charge is 0.277 e. The standard InChI is InChI=1S/C17H12FN5OS/c18-13-4-1-5-15(9-13)23-8-6-14(22-23)11-25-17-21-20-16(24-17)12-3-2-7-19-10-12/h1-10H,11H2. The van der Waals surface area contributed by atoms with Gasteiger partial charge >= 0.3 is 0 Å². The van der Waals surface area contributed by atoms with E-state index in [9.17, 15) is 4.39 Å². The molecule has 0 amide bonds. The second-order valence-corrected chi connectivity index (χ2v) is 6.06. The van der Waals surface area contributed by atoms with E-state index in [1.807, 2.05) is 18.2 Å². The minimum Gasteiger partial charge on any atom is -0.411 e.